The van der Waals surface area contributed by atoms with Crippen molar-refractivity contribution in [3.8, 4) is 11.8 Å². The van der Waals surface area contributed by atoms with Crippen LogP contribution in [0.15, 0.2) is 48.8 Å². The third-order valence-corrected chi connectivity index (χ3v) is 2.62. The number of rotatable bonds is 8. The minimum atomic E-state index is -0.0676. The average molecular weight is 288 g/mol. The van der Waals surface area contributed by atoms with E-state index in [0.29, 0.717) is 25.0 Å². The van der Waals surface area contributed by atoms with Gasteiger partial charge in [0.15, 0.2) is 0 Å². The molecule has 0 aromatic carbocycles. The molecule has 112 valence electrons. The van der Waals surface area contributed by atoms with Crippen molar-refractivity contribution in [2.75, 3.05) is 13.2 Å². The maximum atomic E-state index is 5.63. The summed E-state index contributed by atoms with van der Waals surface area (Å²) in [7, 11) is 0. The molecule has 0 aliphatic rings. The van der Waals surface area contributed by atoms with Crippen LogP contribution in [0.4, 0.5) is 0 Å². The number of ether oxygens (including phenoxy) is 3. The summed E-state index contributed by atoms with van der Waals surface area (Å²) in [6.07, 6.45) is 3.26. The fourth-order valence-electron chi connectivity index (χ4n) is 1.71. The molecule has 21 heavy (non-hydrogen) atoms. The second-order valence-electron chi connectivity index (χ2n) is 4.73. The maximum Gasteiger partial charge on any atom is 0.213 e. The monoisotopic (exact) mass is 288 g/mol. The molecular formula is C16H20N2O3. The SMILES string of the molecule is C[C@H](COC[C@H](C)Oc1ccccn1)Oc1ccccn1. The van der Waals surface area contributed by atoms with Crippen LogP contribution in [0, 0.1) is 0 Å². The van der Waals surface area contributed by atoms with E-state index in [1.807, 2.05) is 50.2 Å². The summed E-state index contributed by atoms with van der Waals surface area (Å²) in [6, 6.07) is 11.1. The van der Waals surface area contributed by atoms with Crippen molar-refractivity contribution in [2.24, 2.45) is 0 Å². The summed E-state index contributed by atoms with van der Waals surface area (Å²) in [5.74, 6) is 1.21. The molecule has 5 heteroatoms. The topological polar surface area (TPSA) is 53.5 Å². The molecule has 2 atom stereocenters. The third-order valence-electron chi connectivity index (χ3n) is 2.62. The van der Waals surface area contributed by atoms with Crippen LogP contribution in [0.5, 0.6) is 11.8 Å². The Bertz CT molecular complexity index is 460. The summed E-state index contributed by atoms with van der Waals surface area (Å²) in [4.78, 5) is 8.21. The Kier molecular flexibility index (Phi) is 5.97. The highest BCUT2D eigenvalue weighted by Crippen LogP contribution is 2.08. The maximum absolute atomic E-state index is 5.63. The summed E-state index contributed by atoms with van der Waals surface area (Å²) >= 11 is 0. The fourth-order valence-corrected chi connectivity index (χ4v) is 1.71. The first kappa shape index (κ1) is 15.3. The van der Waals surface area contributed by atoms with Crippen LogP contribution >= 0.6 is 0 Å². The van der Waals surface area contributed by atoms with Crippen molar-refractivity contribution in [2.45, 2.75) is 26.1 Å². The van der Waals surface area contributed by atoms with Gasteiger partial charge in [0.05, 0.1) is 13.2 Å². The second-order valence-corrected chi connectivity index (χ2v) is 4.73. The molecule has 0 amide bonds. The standard InChI is InChI=1S/C16H20N2O3/c1-13(20-15-7-3-5-9-17-15)11-19-12-14(2)21-16-8-4-6-10-18-16/h3-10,13-14H,11-12H2,1-2H3/t13-,14+. The van der Waals surface area contributed by atoms with Gasteiger partial charge in [-0.05, 0) is 26.0 Å². The first-order valence-corrected chi connectivity index (χ1v) is 6.97. The van der Waals surface area contributed by atoms with Gasteiger partial charge in [0.2, 0.25) is 11.8 Å². The molecule has 2 aromatic rings. The molecule has 0 fully saturated rings. The highest BCUT2D eigenvalue weighted by Gasteiger charge is 2.08. The molecule has 0 radical (unpaired) electrons. The van der Waals surface area contributed by atoms with Gasteiger partial charge in [-0.3, -0.25) is 0 Å². The van der Waals surface area contributed by atoms with Crippen LogP contribution in [0.2, 0.25) is 0 Å². The van der Waals surface area contributed by atoms with Gasteiger partial charge in [0.1, 0.15) is 12.2 Å². The first-order chi connectivity index (χ1) is 10.2. The molecule has 0 aliphatic carbocycles. The first-order valence-electron chi connectivity index (χ1n) is 6.97. The lowest BCUT2D eigenvalue weighted by atomic mass is 10.4. The zero-order valence-electron chi connectivity index (χ0n) is 12.3. The Balaban J connectivity index is 1.64. The summed E-state index contributed by atoms with van der Waals surface area (Å²) < 4.78 is 16.8. The van der Waals surface area contributed by atoms with Gasteiger partial charge in [-0.25, -0.2) is 9.97 Å². The van der Waals surface area contributed by atoms with Crippen molar-refractivity contribution in [1.29, 1.82) is 0 Å². The molecule has 0 unspecified atom stereocenters. The lowest BCUT2D eigenvalue weighted by Gasteiger charge is -2.17. The lowest BCUT2D eigenvalue weighted by Crippen LogP contribution is -2.25. The molecule has 0 spiro atoms. The van der Waals surface area contributed by atoms with Gasteiger partial charge in [0.25, 0.3) is 0 Å². The Labute approximate surface area is 124 Å². The third kappa shape index (κ3) is 5.79. The number of hydrogen-bond donors (Lipinski definition) is 0. The molecule has 0 aliphatic heterocycles. The number of aromatic nitrogens is 2. The molecule has 2 rings (SSSR count). The lowest BCUT2D eigenvalue weighted by molar-refractivity contribution is 0.0165. The van der Waals surface area contributed by atoms with Crippen LogP contribution in [0.3, 0.4) is 0 Å². The molecule has 0 N–H and O–H groups in total. The number of nitrogens with zero attached hydrogens (tertiary/aromatic N) is 2. The molecule has 2 heterocycles. The van der Waals surface area contributed by atoms with Crippen molar-refractivity contribution >= 4 is 0 Å². The van der Waals surface area contributed by atoms with E-state index in [0.717, 1.165) is 0 Å². The van der Waals surface area contributed by atoms with Gasteiger partial charge < -0.3 is 14.2 Å². The van der Waals surface area contributed by atoms with Crippen molar-refractivity contribution in [1.82, 2.24) is 9.97 Å². The van der Waals surface area contributed by atoms with Crippen molar-refractivity contribution in [3.63, 3.8) is 0 Å². The van der Waals surface area contributed by atoms with Crippen molar-refractivity contribution < 1.29 is 14.2 Å². The smallest absolute Gasteiger partial charge is 0.213 e. The van der Waals surface area contributed by atoms with E-state index in [4.69, 9.17) is 14.2 Å². The summed E-state index contributed by atoms with van der Waals surface area (Å²) in [6.45, 7) is 4.84. The summed E-state index contributed by atoms with van der Waals surface area (Å²) in [5.41, 5.74) is 0. The van der Waals surface area contributed by atoms with Gasteiger partial charge in [-0.15, -0.1) is 0 Å². The molecule has 2 aromatic heterocycles. The minimum absolute atomic E-state index is 0.0676. The molecule has 0 saturated heterocycles. The fraction of sp³-hybridized carbons (Fsp3) is 0.375. The van der Waals surface area contributed by atoms with E-state index in [-0.39, 0.29) is 12.2 Å². The number of hydrogen-bond acceptors (Lipinski definition) is 5. The van der Waals surface area contributed by atoms with Gasteiger partial charge in [0, 0.05) is 24.5 Å². The Morgan fingerprint density at radius 2 is 1.29 bits per heavy atom. The highest BCUT2D eigenvalue weighted by atomic mass is 16.6. The van der Waals surface area contributed by atoms with Crippen LogP contribution in [0.25, 0.3) is 0 Å². The normalized spacial score (nSPS) is 13.4. The second kappa shape index (κ2) is 8.21. The zero-order valence-corrected chi connectivity index (χ0v) is 12.3. The van der Waals surface area contributed by atoms with Crippen LogP contribution in [0.1, 0.15) is 13.8 Å². The average Bonchev–Trinajstić information content (AvgIpc) is 2.49. The van der Waals surface area contributed by atoms with Gasteiger partial charge in [-0.1, -0.05) is 12.1 Å². The van der Waals surface area contributed by atoms with E-state index in [1.54, 1.807) is 12.4 Å². The molecule has 0 bridgehead atoms. The Morgan fingerprint density at radius 1 is 0.810 bits per heavy atom. The van der Waals surface area contributed by atoms with Crippen LogP contribution in [-0.2, 0) is 4.74 Å². The van der Waals surface area contributed by atoms with E-state index in [1.165, 1.54) is 0 Å². The largest absolute Gasteiger partial charge is 0.472 e. The molecular weight excluding hydrogens is 268 g/mol. The van der Waals surface area contributed by atoms with E-state index >= 15 is 0 Å². The number of pyridine rings is 2. The highest BCUT2D eigenvalue weighted by molar-refractivity contribution is 5.10. The predicted molar refractivity (Wildman–Crippen MR) is 79.5 cm³/mol. The van der Waals surface area contributed by atoms with Crippen LogP contribution in [-0.4, -0.2) is 35.4 Å². The van der Waals surface area contributed by atoms with Gasteiger partial charge in [-0.2, -0.15) is 0 Å². The predicted octanol–water partition coefficient (Wildman–Crippen LogP) is 2.73. The van der Waals surface area contributed by atoms with E-state index in [9.17, 15) is 0 Å². The van der Waals surface area contributed by atoms with Gasteiger partial charge >= 0.3 is 0 Å². The van der Waals surface area contributed by atoms with Crippen LogP contribution < -0.4 is 9.47 Å². The Hall–Kier alpha value is -2.14. The van der Waals surface area contributed by atoms with Crippen molar-refractivity contribution in [3.05, 3.63) is 48.8 Å². The Morgan fingerprint density at radius 3 is 1.67 bits per heavy atom. The minimum Gasteiger partial charge on any atom is -0.472 e. The zero-order chi connectivity index (χ0) is 14.9. The molecule has 5 nitrogen and oxygen atoms in total. The summed E-state index contributed by atoms with van der Waals surface area (Å²) in [5, 5.41) is 0. The quantitative estimate of drug-likeness (QED) is 0.747. The van der Waals surface area contributed by atoms with E-state index in [2.05, 4.69) is 9.97 Å². The van der Waals surface area contributed by atoms with E-state index < -0.39 is 0 Å². The molecule has 0 saturated carbocycles.